The molecule has 1 aromatic carbocycles. The number of nitrogens with one attached hydrogen (secondary N) is 2. The second kappa shape index (κ2) is 6.17. The van der Waals surface area contributed by atoms with E-state index in [1.165, 1.54) is 0 Å². The fourth-order valence-electron chi connectivity index (χ4n) is 2.05. The second-order valence-corrected chi connectivity index (χ2v) is 4.96. The van der Waals surface area contributed by atoms with Gasteiger partial charge in [-0.1, -0.05) is 25.4 Å². The molecule has 5 heteroatoms. The molecule has 102 valence electrons. The molecule has 0 saturated heterocycles. The number of fused-ring (bicyclic) bond motifs is 1. The van der Waals surface area contributed by atoms with Crippen molar-refractivity contribution in [3.8, 4) is 0 Å². The van der Waals surface area contributed by atoms with Crippen LogP contribution in [0, 0.1) is 0 Å². The van der Waals surface area contributed by atoms with Crippen LogP contribution in [0.4, 0.5) is 0 Å². The van der Waals surface area contributed by atoms with E-state index in [4.69, 9.17) is 11.6 Å². The highest BCUT2D eigenvalue weighted by Crippen LogP contribution is 2.17. The Morgan fingerprint density at radius 1 is 1.42 bits per heavy atom. The monoisotopic (exact) mass is 279 g/mol. The lowest BCUT2D eigenvalue weighted by atomic mass is 10.2. The molecular weight excluding hydrogens is 262 g/mol. The molecule has 2 aromatic rings. The van der Waals surface area contributed by atoms with Crippen LogP contribution < -0.4 is 10.9 Å². The van der Waals surface area contributed by atoms with Gasteiger partial charge in [0.2, 0.25) is 0 Å². The first kappa shape index (κ1) is 14.0. The fraction of sp³-hybridized carbons (Fsp3) is 0.429. The fourth-order valence-corrected chi connectivity index (χ4v) is 2.21. The van der Waals surface area contributed by atoms with E-state index in [0.717, 1.165) is 19.4 Å². The van der Waals surface area contributed by atoms with Crippen molar-refractivity contribution in [2.75, 3.05) is 6.54 Å². The summed E-state index contributed by atoms with van der Waals surface area (Å²) in [7, 11) is 0. The standard InChI is InChI=1S/C14H18ClN3O/c1-3-7-16-11(4-2)13-17-12-8-9(15)5-6-10(12)14(19)18-13/h5-6,8,11,16H,3-4,7H2,1-2H3,(H,17,18,19). The Morgan fingerprint density at radius 3 is 2.89 bits per heavy atom. The van der Waals surface area contributed by atoms with Crippen molar-refractivity contribution >= 4 is 22.5 Å². The molecule has 0 fully saturated rings. The maximum atomic E-state index is 12.0. The highest BCUT2D eigenvalue weighted by atomic mass is 35.5. The Kier molecular flexibility index (Phi) is 4.56. The number of hydrogen-bond donors (Lipinski definition) is 2. The largest absolute Gasteiger partial charge is 0.309 e. The third-order valence-electron chi connectivity index (χ3n) is 3.07. The van der Waals surface area contributed by atoms with Crippen molar-refractivity contribution in [3.05, 3.63) is 39.4 Å². The number of hydrogen-bond acceptors (Lipinski definition) is 3. The second-order valence-electron chi connectivity index (χ2n) is 4.53. The number of halogens is 1. The first-order valence-corrected chi connectivity index (χ1v) is 6.96. The summed E-state index contributed by atoms with van der Waals surface area (Å²) in [6, 6.07) is 5.19. The molecule has 1 heterocycles. The highest BCUT2D eigenvalue weighted by Gasteiger charge is 2.13. The molecule has 1 atom stereocenters. The van der Waals surface area contributed by atoms with Crippen LogP contribution >= 0.6 is 11.6 Å². The number of H-pyrrole nitrogens is 1. The number of rotatable bonds is 5. The molecule has 0 spiro atoms. The van der Waals surface area contributed by atoms with Crippen LogP contribution in [-0.2, 0) is 0 Å². The summed E-state index contributed by atoms with van der Waals surface area (Å²) in [5.74, 6) is 0.677. The lowest BCUT2D eigenvalue weighted by Crippen LogP contribution is -2.26. The first-order chi connectivity index (χ1) is 9.15. The van der Waals surface area contributed by atoms with Gasteiger partial charge in [0.15, 0.2) is 0 Å². The third kappa shape index (κ3) is 3.14. The van der Waals surface area contributed by atoms with Crippen LogP contribution in [0.3, 0.4) is 0 Å². The number of benzene rings is 1. The van der Waals surface area contributed by atoms with Crippen molar-refractivity contribution in [1.29, 1.82) is 0 Å². The van der Waals surface area contributed by atoms with E-state index < -0.39 is 0 Å². The van der Waals surface area contributed by atoms with Gasteiger partial charge in [-0.2, -0.15) is 0 Å². The van der Waals surface area contributed by atoms with Crippen LogP contribution in [-0.4, -0.2) is 16.5 Å². The van der Waals surface area contributed by atoms with E-state index in [-0.39, 0.29) is 11.6 Å². The Hall–Kier alpha value is -1.39. The molecule has 0 aliphatic rings. The van der Waals surface area contributed by atoms with E-state index in [1.807, 2.05) is 0 Å². The number of aromatic nitrogens is 2. The quantitative estimate of drug-likeness (QED) is 0.884. The lowest BCUT2D eigenvalue weighted by Gasteiger charge is -2.15. The van der Waals surface area contributed by atoms with Gasteiger partial charge in [-0.25, -0.2) is 4.98 Å². The predicted octanol–water partition coefficient (Wildman–Crippen LogP) is 3.03. The van der Waals surface area contributed by atoms with Gasteiger partial charge in [0.1, 0.15) is 5.82 Å². The third-order valence-corrected chi connectivity index (χ3v) is 3.30. The zero-order valence-electron chi connectivity index (χ0n) is 11.2. The van der Waals surface area contributed by atoms with Crippen LogP contribution in [0.5, 0.6) is 0 Å². The van der Waals surface area contributed by atoms with Gasteiger partial charge in [-0.3, -0.25) is 4.79 Å². The first-order valence-electron chi connectivity index (χ1n) is 6.58. The molecule has 1 aromatic heterocycles. The van der Waals surface area contributed by atoms with E-state index in [0.29, 0.717) is 21.7 Å². The molecule has 0 aliphatic carbocycles. The maximum Gasteiger partial charge on any atom is 0.258 e. The molecule has 0 saturated carbocycles. The van der Waals surface area contributed by atoms with Crippen molar-refractivity contribution in [2.45, 2.75) is 32.7 Å². The molecule has 0 radical (unpaired) electrons. The molecule has 19 heavy (non-hydrogen) atoms. The maximum absolute atomic E-state index is 12.0. The Morgan fingerprint density at radius 2 is 2.21 bits per heavy atom. The summed E-state index contributed by atoms with van der Waals surface area (Å²) < 4.78 is 0. The van der Waals surface area contributed by atoms with Crippen LogP contribution in [0.15, 0.2) is 23.0 Å². The van der Waals surface area contributed by atoms with Crippen LogP contribution in [0.1, 0.15) is 38.6 Å². The summed E-state index contributed by atoms with van der Waals surface area (Å²) in [5, 5.41) is 4.53. The van der Waals surface area contributed by atoms with Crippen molar-refractivity contribution in [1.82, 2.24) is 15.3 Å². The van der Waals surface area contributed by atoms with E-state index in [1.54, 1.807) is 18.2 Å². The molecular formula is C14H18ClN3O. The summed E-state index contributed by atoms with van der Waals surface area (Å²) in [4.78, 5) is 19.4. The molecule has 0 aliphatic heterocycles. The Balaban J connectivity index is 2.46. The lowest BCUT2D eigenvalue weighted by molar-refractivity contribution is 0.495. The Labute approximate surface area is 117 Å². The van der Waals surface area contributed by atoms with Gasteiger partial charge < -0.3 is 10.3 Å². The van der Waals surface area contributed by atoms with Gasteiger partial charge in [-0.15, -0.1) is 0 Å². The zero-order valence-corrected chi connectivity index (χ0v) is 11.9. The summed E-state index contributed by atoms with van der Waals surface area (Å²) in [5.41, 5.74) is 0.524. The normalized spacial score (nSPS) is 12.8. The van der Waals surface area contributed by atoms with Crippen molar-refractivity contribution in [3.63, 3.8) is 0 Å². The minimum Gasteiger partial charge on any atom is -0.309 e. The average molecular weight is 280 g/mol. The minimum atomic E-state index is -0.117. The molecule has 1 unspecified atom stereocenters. The number of nitrogens with zero attached hydrogens (tertiary/aromatic N) is 1. The van der Waals surface area contributed by atoms with Crippen molar-refractivity contribution in [2.24, 2.45) is 0 Å². The smallest absolute Gasteiger partial charge is 0.258 e. The SMILES string of the molecule is CCCNC(CC)c1nc2cc(Cl)ccc2c(=O)[nH]1. The van der Waals surface area contributed by atoms with E-state index in [9.17, 15) is 4.79 Å². The topological polar surface area (TPSA) is 57.8 Å². The van der Waals surface area contributed by atoms with Gasteiger partial charge in [0, 0.05) is 5.02 Å². The molecule has 2 rings (SSSR count). The average Bonchev–Trinajstić information content (AvgIpc) is 2.39. The summed E-state index contributed by atoms with van der Waals surface area (Å²) in [6.45, 7) is 5.07. The molecule has 0 amide bonds. The summed E-state index contributed by atoms with van der Waals surface area (Å²) >= 11 is 5.95. The summed E-state index contributed by atoms with van der Waals surface area (Å²) in [6.07, 6.45) is 1.91. The minimum absolute atomic E-state index is 0.0658. The highest BCUT2D eigenvalue weighted by molar-refractivity contribution is 6.31. The molecule has 2 N–H and O–H groups in total. The van der Waals surface area contributed by atoms with Gasteiger partial charge in [-0.05, 0) is 37.6 Å². The number of aromatic amines is 1. The van der Waals surface area contributed by atoms with E-state index in [2.05, 4.69) is 29.1 Å². The zero-order chi connectivity index (χ0) is 13.8. The van der Waals surface area contributed by atoms with Crippen molar-refractivity contribution < 1.29 is 0 Å². The molecule has 0 bridgehead atoms. The molecule has 4 nitrogen and oxygen atoms in total. The predicted molar refractivity (Wildman–Crippen MR) is 78.7 cm³/mol. The van der Waals surface area contributed by atoms with Gasteiger partial charge in [0.25, 0.3) is 5.56 Å². The van der Waals surface area contributed by atoms with Crippen LogP contribution in [0.25, 0.3) is 10.9 Å². The van der Waals surface area contributed by atoms with Gasteiger partial charge >= 0.3 is 0 Å². The van der Waals surface area contributed by atoms with Gasteiger partial charge in [0.05, 0.1) is 16.9 Å². The Bertz CT molecular complexity index is 624. The van der Waals surface area contributed by atoms with E-state index >= 15 is 0 Å². The van der Waals surface area contributed by atoms with Crippen LogP contribution in [0.2, 0.25) is 5.02 Å².